The molecule has 2 aliphatic rings. The molecule has 4 heteroatoms. The van der Waals surface area contributed by atoms with Crippen molar-refractivity contribution in [1.29, 1.82) is 0 Å². The molecule has 4 nitrogen and oxygen atoms in total. The quantitative estimate of drug-likeness (QED) is 0.646. The van der Waals surface area contributed by atoms with Gasteiger partial charge >= 0.3 is 0 Å². The number of fused-ring (bicyclic) bond motifs is 2. The number of nitrogens with one attached hydrogen (secondary N) is 1. The van der Waals surface area contributed by atoms with Gasteiger partial charge in [-0.05, 0) is 6.42 Å². The highest BCUT2D eigenvalue weighted by atomic mass is 16.5. The molecule has 2 saturated heterocycles. The lowest BCUT2D eigenvalue weighted by Gasteiger charge is -2.25. The molecule has 2 unspecified atom stereocenters. The first kappa shape index (κ1) is 6.48. The van der Waals surface area contributed by atoms with Crippen LogP contribution in [-0.4, -0.2) is 30.3 Å². The molecule has 0 spiro atoms. The van der Waals surface area contributed by atoms with E-state index in [0.717, 1.165) is 19.0 Å². The average molecular weight is 165 g/mol. The summed E-state index contributed by atoms with van der Waals surface area (Å²) in [6.45, 7) is 2.16. The van der Waals surface area contributed by atoms with Crippen molar-refractivity contribution < 1.29 is 4.52 Å². The number of hydrogen-bond acceptors (Lipinski definition) is 4. The van der Waals surface area contributed by atoms with Crippen LogP contribution < -0.4 is 10.2 Å². The monoisotopic (exact) mass is 165 g/mol. The topological polar surface area (TPSA) is 41.3 Å². The largest absolute Gasteiger partial charge is 0.339 e. The van der Waals surface area contributed by atoms with Gasteiger partial charge in [0.05, 0.1) is 6.20 Å². The Morgan fingerprint density at radius 1 is 1.67 bits per heavy atom. The summed E-state index contributed by atoms with van der Waals surface area (Å²) in [6, 6.07) is 3.23. The second kappa shape index (κ2) is 2.23. The van der Waals surface area contributed by atoms with E-state index in [1.807, 2.05) is 6.07 Å². The Morgan fingerprint density at radius 2 is 2.67 bits per heavy atom. The smallest absolute Gasteiger partial charge is 0.227 e. The number of nitrogens with zero attached hydrogens (tertiary/aromatic N) is 2. The Morgan fingerprint density at radius 3 is 3.25 bits per heavy atom. The maximum absolute atomic E-state index is 5.12. The Balaban J connectivity index is 1.87. The molecule has 0 aliphatic carbocycles. The van der Waals surface area contributed by atoms with Crippen LogP contribution in [0.15, 0.2) is 16.8 Å². The van der Waals surface area contributed by atoms with E-state index in [0.29, 0.717) is 12.1 Å². The summed E-state index contributed by atoms with van der Waals surface area (Å²) < 4.78 is 5.12. The van der Waals surface area contributed by atoms with Crippen LogP contribution in [0.1, 0.15) is 6.42 Å². The van der Waals surface area contributed by atoms with E-state index in [2.05, 4.69) is 15.4 Å². The molecule has 1 N–H and O–H groups in total. The van der Waals surface area contributed by atoms with E-state index in [9.17, 15) is 0 Å². The fraction of sp³-hybridized carbons (Fsp3) is 0.625. The molecule has 2 aliphatic heterocycles. The molecule has 0 radical (unpaired) electrons. The van der Waals surface area contributed by atoms with Crippen molar-refractivity contribution >= 4 is 5.88 Å². The highest BCUT2D eigenvalue weighted by Gasteiger charge is 2.38. The molecule has 2 fully saturated rings. The molecule has 0 aromatic carbocycles. The minimum absolute atomic E-state index is 0.628. The number of hydrogen-bond donors (Lipinski definition) is 1. The molecule has 3 rings (SSSR count). The van der Waals surface area contributed by atoms with Crippen LogP contribution in [0.25, 0.3) is 0 Å². The molecule has 2 atom stereocenters. The summed E-state index contributed by atoms with van der Waals surface area (Å²) >= 11 is 0. The van der Waals surface area contributed by atoms with E-state index in [1.165, 1.54) is 6.42 Å². The van der Waals surface area contributed by atoms with Gasteiger partial charge in [-0.2, -0.15) is 0 Å². The van der Waals surface area contributed by atoms with Gasteiger partial charge in [0.15, 0.2) is 0 Å². The Kier molecular flexibility index (Phi) is 1.20. The molecule has 1 aromatic rings. The van der Waals surface area contributed by atoms with E-state index < -0.39 is 0 Å². The van der Waals surface area contributed by atoms with Crippen molar-refractivity contribution in [2.24, 2.45) is 0 Å². The first-order chi connectivity index (χ1) is 5.93. The minimum atomic E-state index is 0.628. The second-order valence-electron chi connectivity index (χ2n) is 3.50. The van der Waals surface area contributed by atoms with Gasteiger partial charge in [0.25, 0.3) is 0 Å². The fourth-order valence-electron chi connectivity index (χ4n) is 2.19. The van der Waals surface area contributed by atoms with E-state index >= 15 is 0 Å². The third kappa shape index (κ3) is 0.783. The van der Waals surface area contributed by atoms with Crippen molar-refractivity contribution in [1.82, 2.24) is 10.5 Å². The lowest BCUT2D eigenvalue weighted by molar-refractivity contribution is 0.405. The molecule has 0 saturated carbocycles. The zero-order chi connectivity index (χ0) is 7.97. The van der Waals surface area contributed by atoms with Crippen molar-refractivity contribution in [3.63, 3.8) is 0 Å². The van der Waals surface area contributed by atoms with Gasteiger partial charge in [-0.15, -0.1) is 0 Å². The summed E-state index contributed by atoms with van der Waals surface area (Å²) in [5.74, 6) is 0.920. The number of piperazine rings is 1. The summed E-state index contributed by atoms with van der Waals surface area (Å²) in [5, 5.41) is 7.16. The molecule has 64 valence electrons. The Hall–Kier alpha value is -1.03. The van der Waals surface area contributed by atoms with Crippen LogP contribution >= 0.6 is 0 Å². The third-order valence-electron chi connectivity index (χ3n) is 2.76. The second-order valence-corrected chi connectivity index (χ2v) is 3.50. The third-order valence-corrected chi connectivity index (χ3v) is 2.76. The van der Waals surface area contributed by atoms with Gasteiger partial charge < -0.3 is 14.7 Å². The fourth-order valence-corrected chi connectivity index (χ4v) is 2.19. The summed E-state index contributed by atoms with van der Waals surface area (Å²) in [6.07, 6.45) is 2.95. The van der Waals surface area contributed by atoms with Crippen LogP contribution in [0.5, 0.6) is 0 Å². The molecule has 3 heterocycles. The summed E-state index contributed by atoms with van der Waals surface area (Å²) in [4.78, 5) is 2.30. The predicted octanol–water partition coefficient (Wildman–Crippen LogP) is 0.225. The number of aromatic nitrogens is 1. The van der Waals surface area contributed by atoms with E-state index in [4.69, 9.17) is 4.52 Å². The first-order valence-electron chi connectivity index (χ1n) is 4.34. The van der Waals surface area contributed by atoms with E-state index in [1.54, 1.807) is 6.20 Å². The Labute approximate surface area is 70.5 Å². The molecule has 0 amide bonds. The van der Waals surface area contributed by atoms with E-state index in [-0.39, 0.29) is 0 Å². The Bertz CT molecular complexity index is 272. The number of rotatable bonds is 1. The maximum atomic E-state index is 5.12. The van der Waals surface area contributed by atoms with Crippen LogP contribution in [0.2, 0.25) is 0 Å². The lowest BCUT2D eigenvalue weighted by atomic mass is 10.2. The highest BCUT2D eigenvalue weighted by Crippen LogP contribution is 2.28. The SMILES string of the molecule is c1cc(N2CC3CC2CN3)on1. The van der Waals surface area contributed by atoms with Crippen LogP contribution in [0, 0.1) is 0 Å². The van der Waals surface area contributed by atoms with Gasteiger partial charge in [0.1, 0.15) is 0 Å². The van der Waals surface area contributed by atoms with Crippen molar-refractivity contribution in [3.8, 4) is 0 Å². The minimum Gasteiger partial charge on any atom is -0.339 e. The molecule has 1 aromatic heterocycles. The molecule has 12 heavy (non-hydrogen) atoms. The zero-order valence-corrected chi connectivity index (χ0v) is 6.73. The lowest BCUT2D eigenvalue weighted by Crippen LogP contribution is -2.43. The zero-order valence-electron chi connectivity index (χ0n) is 6.73. The van der Waals surface area contributed by atoms with Crippen LogP contribution in [0.4, 0.5) is 5.88 Å². The van der Waals surface area contributed by atoms with Crippen molar-refractivity contribution in [2.75, 3.05) is 18.0 Å². The van der Waals surface area contributed by atoms with Gasteiger partial charge in [0.2, 0.25) is 5.88 Å². The summed E-state index contributed by atoms with van der Waals surface area (Å²) in [5.41, 5.74) is 0. The van der Waals surface area contributed by atoms with Crippen molar-refractivity contribution in [2.45, 2.75) is 18.5 Å². The summed E-state index contributed by atoms with van der Waals surface area (Å²) in [7, 11) is 0. The first-order valence-corrected chi connectivity index (χ1v) is 4.34. The molecular weight excluding hydrogens is 154 g/mol. The van der Waals surface area contributed by atoms with Gasteiger partial charge in [0, 0.05) is 31.2 Å². The molecule has 2 bridgehead atoms. The van der Waals surface area contributed by atoms with Gasteiger partial charge in [-0.3, -0.25) is 0 Å². The van der Waals surface area contributed by atoms with Gasteiger partial charge in [-0.25, -0.2) is 0 Å². The van der Waals surface area contributed by atoms with Crippen LogP contribution in [0.3, 0.4) is 0 Å². The average Bonchev–Trinajstić information content (AvgIpc) is 2.81. The normalized spacial score (nSPS) is 33.2. The standard InChI is InChI=1S/C8H11N3O/c1-2-10-12-8(1)11-5-6-3-7(11)4-9-6/h1-2,6-7,9H,3-5H2. The van der Waals surface area contributed by atoms with Crippen molar-refractivity contribution in [3.05, 3.63) is 12.3 Å². The van der Waals surface area contributed by atoms with Gasteiger partial charge in [-0.1, -0.05) is 5.16 Å². The van der Waals surface area contributed by atoms with Crippen LogP contribution in [-0.2, 0) is 0 Å². The highest BCUT2D eigenvalue weighted by molar-refractivity contribution is 5.39. The molecular formula is C8H11N3O. The maximum Gasteiger partial charge on any atom is 0.227 e. The predicted molar refractivity (Wildman–Crippen MR) is 44.0 cm³/mol. The number of anilines is 1.